The van der Waals surface area contributed by atoms with Crippen LogP contribution in [0.4, 0.5) is 10.1 Å². The molecular weight excluding hydrogens is 437 g/mol. The average Bonchev–Trinajstić information content (AvgIpc) is 3.27. The number of carbonyl (C=O) groups excluding carboxylic acids is 2. The quantitative estimate of drug-likeness (QED) is 0.509. The molecule has 0 unspecified atom stereocenters. The van der Waals surface area contributed by atoms with Crippen LogP contribution in [0.15, 0.2) is 76.0 Å². The number of nitrogens with zero attached hydrogens (tertiary/aromatic N) is 2. The molecule has 0 aliphatic carbocycles. The number of fused-ring (bicyclic) bond motifs is 2. The highest BCUT2D eigenvalue weighted by Crippen LogP contribution is 2.30. The molecule has 0 radical (unpaired) electrons. The van der Waals surface area contributed by atoms with Crippen LogP contribution in [0.3, 0.4) is 0 Å². The van der Waals surface area contributed by atoms with Gasteiger partial charge >= 0.3 is 0 Å². The first kappa shape index (κ1) is 19.9. The third-order valence-corrected chi connectivity index (χ3v) is 6.75. The molecule has 1 N–H and O–H groups in total. The van der Waals surface area contributed by atoms with Gasteiger partial charge in [0.1, 0.15) is 22.8 Å². The molecule has 0 saturated carbocycles. The van der Waals surface area contributed by atoms with E-state index in [0.29, 0.717) is 26.7 Å². The van der Waals surface area contributed by atoms with Crippen molar-refractivity contribution in [1.29, 1.82) is 0 Å². The van der Waals surface area contributed by atoms with Gasteiger partial charge in [-0.2, -0.15) is 0 Å². The highest BCUT2D eigenvalue weighted by Gasteiger charge is 2.41. The van der Waals surface area contributed by atoms with Crippen molar-refractivity contribution >= 4 is 38.6 Å². The lowest BCUT2D eigenvalue weighted by molar-refractivity contribution is -0.116. The number of nitrogens with one attached hydrogen (secondary N) is 1. The van der Waals surface area contributed by atoms with Crippen LogP contribution in [0.25, 0.3) is 22.6 Å². The number of hydrogen-bond acceptors (Lipinski definition) is 6. The molecule has 2 amide bonds. The maximum absolute atomic E-state index is 13.1. The fourth-order valence-electron chi connectivity index (χ4n) is 3.44. The molecule has 0 fully saturated rings. The van der Waals surface area contributed by atoms with Crippen LogP contribution in [0.5, 0.6) is 0 Å². The summed E-state index contributed by atoms with van der Waals surface area (Å²) in [5.41, 5.74) is 1.86. The highest BCUT2D eigenvalue weighted by atomic mass is 32.2. The fourth-order valence-corrected chi connectivity index (χ4v) is 4.96. The number of aromatic nitrogens is 1. The summed E-state index contributed by atoms with van der Waals surface area (Å²) in [5.74, 6) is -1.52. The lowest BCUT2D eigenvalue weighted by Gasteiger charge is -2.14. The van der Waals surface area contributed by atoms with E-state index in [1.807, 2.05) is 0 Å². The van der Waals surface area contributed by atoms with Crippen molar-refractivity contribution in [3.63, 3.8) is 0 Å². The first-order valence-electron chi connectivity index (χ1n) is 9.45. The maximum Gasteiger partial charge on any atom is 0.269 e. The number of anilines is 1. The van der Waals surface area contributed by atoms with Crippen LogP contribution in [0, 0.1) is 5.82 Å². The second-order valence-electron chi connectivity index (χ2n) is 7.07. The molecule has 0 atom stereocenters. The summed E-state index contributed by atoms with van der Waals surface area (Å²) in [6.07, 6.45) is 0. The Morgan fingerprint density at radius 2 is 1.81 bits per heavy atom. The zero-order valence-electron chi connectivity index (χ0n) is 16.3. The predicted molar refractivity (Wildman–Crippen MR) is 113 cm³/mol. The molecule has 1 aromatic heterocycles. The van der Waals surface area contributed by atoms with Gasteiger partial charge in [-0.25, -0.2) is 22.1 Å². The fraction of sp³-hybridized carbons (Fsp3) is 0.0455. The van der Waals surface area contributed by atoms with Crippen molar-refractivity contribution in [2.24, 2.45) is 0 Å². The molecule has 2 heterocycles. The zero-order valence-corrected chi connectivity index (χ0v) is 17.1. The second kappa shape index (κ2) is 7.27. The van der Waals surface area contributed by atoms with E-state index >= 15 is 0 Å². The smallest absolute Gasteiger partial charge is 0.269 e. The summed E-state index contributed by atoms with van der Waals surface area (Å²) < 4.78 is 44.6. The summed E-state index contributed by atoms with van der Waals surface area (Å²) in [6.45, 7) is -0.662. The summed E-state index contributed by atoms with van der Waals surface area (Å²) >= 11 is 0. The summed E-state index contributed by atoms with van der Waals surface area (Å²) in [5, 5.41) is 2.57. The third-order valence-electron chi connectivity index (χ3n) is 4.96. The first-order chi connectivity index (χ1) is 15.3. The molecule has 1 aliphatic rings. The number of halogens is 1. The Hall–Kier alpha value is -4.05. The van der Waals surface area contributed by atoms with Gasteiger partial charge in [-0.3, -0.25) is 9.59 Å². The lowest BCUT2D eigenvalue weighted by atomic mass is 10.2. The zero-order chi connectivity index (χ0) is 22.5. The molecule has 3 aromatic carbocycles. The van der Waals surface area contributed by atoms with Crippen LogP contribution < -0.4 is 5.32 Å². The maximum atomic E-state index is 13.1. The molecule has 5 rings (SSSR count). The van der Waals surface area contributed by atoms with Crippen molar-refractivity contribution in [3.05, 3.63) is 78.1 Å². The second-order valence-corrected chi connectivity index (χ2v) is 8.90. The van der Waals surface area contributed by atoms with E-state index < -0.39 is 28.4 Å². The Bertz CT molecular complexity index is 1500. The molecule has 32 heavy (non-hydrogen) atoms. The van der Waals surface area contributed by atoms with Gasteiger partial charge in [-0.1, -0.05) is 12.1 Å². The van der Waals surface area contributed by atoms with Gasteiger partial charge in [0.05, 0.1) is 5.56 Å². The molecule has 160 valence electrons. The van der Waals surface area contributed by atoms with Crippen LogP contribution in [0.1, 0.15) is 10.4 Å². The number of sulfonamides is 1. The SMILES string of the molecule is O=C(CN1C(=O)c2ccccc2S1(=O)=O)Nc1ccc2nc(-c3ccc(F)cc3)oc2c1. The lowest BCUT2D eigenvalue weighted by Crippen LogP contribution is -2.37. The number of amides is 2. The van der Waals surface area contributed by atoms with E-state index in [1.165, 1.54) is 48.5 Å². The molecule has 1 aliphatic heterocycles. The van der Waals surface area contributed by atoms with Gasteiger partial charge in [0.2, 0.25) is 11.8 Å². The van der Waals surface area contributed by atoms with Crippen molar-refractivity contribution in [2.45, 2.75) is 4.90 Å². The largest absolute Gasteiger partial charge is 0.436 e. The topological polar surface area (TPSA) is 110 Å². The number of rotatable bonds is 4. The van der Waals surface area contributed by atoms with Gasteiger partial charge in [0.15, 0.2) is 5.58 Å². The molecule has 0 saturated heterocycles. The van der Waals surface area contributed by atoms with E-state index in [4.69, 9.17) is 4.42 Å². The Kier molecular flexibility index (Phi) is 4.52. The molecule has 10 heteroatoms. The number of hydrogen-bond donors (Lipinski definition) is 1. The van der Waals surface area contributed by atoms with Crippen LogP contribution >= 0.6 is 0 Å². The molecule has 0 spiro atoms. The Morgan fingerprint density at radius 3 is 2.56 bits per heavy atom. The minimum absolute atomic E-state index is 0.0386. The van der Waals surface area contributed by atoms with Gasteiger partial charge in [-0.05, 0) is 48.5 Å². The predicted octanol–water partition coefficient (Wildman–Crippen LogP) is 3.42. The summed E-state index contributed by atoms with van der Waals surface area (Å²) in [4.78, 5) is 29.2. The van der Waals surface area contributed by atoms with E-state index in [1.54, 1.807) is 18.2 Å². The van der Waals surface area contributed by atoms with E-state index in [2.05, 4.69) is 10.3 Å². The van der Waals surface area contributed by atoms with Crippen molar-refractivity contribution in [1.82, 2.24) is 9.29 Å². The Morgan fingerprint density at radius 1 is 1.06 bits per heavy atom. The van der Waals surface area contributed by atoms with E-state index in [9.17, 15) is 22.4 Å². The van der Waals surface area contributed by atoms with Crippen molar-refractivity contribution in [2.75, 3.05) is 11.9 Å². The monoisotopic (exact) mass is 451 g/mol. The molecule has 4 aromatic rings. The molecule has 8 nitrogen and oxygen atoms in total. The number of oxazole rings is 1. The first-order valence-corrected chi connectivity index (χ1v) is 10.9. The number of benzene rings is 3. The van der Waals surface area contributed by atoms with Gasteiger partial charge in [-0.15, -0.1) is 0 Å². The summed E-state index contributed by atoms with van der Waals surface area (Å²) in [6, 6.07) is 16.2. The molecule has 0 bridgehead atoms. The average molecular weight is 451 g/mol. The van der Waals surface area contributed by atoms with Gasteiger partial charge in [0, 0.05) is 17.3 Å². The Labute approximate surface area is 181 Å². The minimum atomic E-state index is -4.08. The minimum Gasteiger partial charge on any atom is -0.436 e. The number of carbonyl (C=O) groups is 2. The van der Waals surface area contributed by atoms with Gasteiger partial charge in [0.25, 0.3) is 15.9 Å². The summed E-state index contributed by atoms with van der Waals surface area (Å²) in [7, 11) is -4.08. The third kappa shape index (κ3) is 3.30. The molecular formula is C22H14FN3O5S. The standard InChI is InChI=1S/C22H14FN3O5S/c23-14-7-5-13(6-8-14)21-25-17-10-9-15(11-18(17)31-21)24-20(27)12-26-22(28)16-3-1-2-4-19(16)32(26,29)30/h1-11H,12H2,(H,24,27). The van der Waals surface area contributed by atoms with Crippen molar-refractivity contribution < 1.29 is 26.8 Å². The van der Waals surface area contributed by atoms with Gasteiger partial charge < -0.3 is 9.73 Å². The van der Waals surface area contributed by atoms with Crippen LogP contribution in [0.2, 0.25) is 0 Å². The van der Waals surface area contributed by atoms with Crippen LogP contribution in [-0.2, 0) is 14.8 Å². The normalized spacial score (nSPS) is 14.5. The highest BCUT2D eigenvalue weighted by molar-refractivity contribution is 7.90. The Balaban J connectivity index is 1.35. The van der Waals surface area contributed by atoms with Crippen LogP contribution in [-0.4, -0.2) is 36.1 Å². The van der Waals surface area contributed by atoms with E-state index in [-0.39, 0.29) is 22.2 Å². The van der Waals surface area contributed by atoms with Crippen molar-refractivity contribution in [3.8, 4) is 11.5 Å². The van der Waals surface area contributed by atoms with E-state index in [0.717, 1.165) is 0 Å².